The SMILES string of the molecule is CCCCCCCC/C=C\CCCCCCCCc1c(N)ccc(N)c1C(F)(F)F. The lowest BCUT2D eigenvalue weighted by molar-refractivity contribution is -0.137. The average Bonchev–Trinajstić information content (AvgIpc) is 2.69. The highest BCUT2D eigenvalue weighted by molar-refractivity contribution is 5.63. The standard InChI is InChI=1S/C25H41F3N2/c1-2-3-4-5-6-7-8-9-10-11-12-13-14-15-16-17-18-21-22(29)19-20-23(30)24(21)25(26,27)28/h9-10,19-20H,2-8,11-18,29-30H2,1H3/b10-9-. The predicted octanol–water partition coefficient (Wildman–Crippen LogP) is 8.45. The fraction of sp³-hybridized carbons (Fsp3) is 0.680. The first kappa shape index (κ1) is 26.4. The summed E-state index contributed by atoms with van der Waals surface area (Å²) < 4.78 is 39.8. The van der Waals surface area contributed by atoms with Crippen LogP contribution in [0.3, 0.4) is 0 Å². The van der Waals surface area contributed by atoms with Gasteiger partial charge >= 0.3 is 6.18 Å². The molecule has 0 fully saturated rings. The van der Waals surface area contributed by atoms with E-state index in [1.165, 1.54) is 69.9 Å². The summed E-state index contributed by atoms with van der Waals surface area (Å²) in [7, 11) is 0. The van der Waals surface area contributed by atoms with Crippen molar-refractivity contribution in [1.29, 1.82) is 0 Å². The number of alkyl halides is 3. The number of anilines is 2. The summed E-state index contributed by atoms with van der Waals surface area (Å²) in [6, 6.07) is 2.71. The molecule has 4 N–H and O–H groups in total. The van der Waals surface area contributed by atoms with Crippen molar-refractivity contribution in [2.75, 3.05) is 11.5 Å². The van der Waals surface area contributed by atoms with Crippen LogP contribution in [0, 0.1) is 0 Å². The van der Waals surface area contributed by atoms with Gasteiger partial charge in [-0.15, -0.1) is 0 Å². The normalized spacial score (nSPS) is 12.1. The molecule has 0 amide bonds. The summed E-state index contributed by atoms with van der Waals surface area (Å²) in [5.74, 6) is 0. The van der Waals surface area contributed by atoms with Gasteiger partial charge in [-0.05, 0) is 56.2 Å². The van der Waals surface area contributed by atoms with Crippen molar-refractivity contribution >= 4 is 11.4 Å². The summed E-state index contributed by atoms with van der Waals surface area (Å²) >= 11 is 0. The molecule has 0 saturated carbocycles. The van der Waals surface area contributed by atoms with Crippen molar-refractivity contribution in [2.24, 2.45) is 0 Å². The molecule has 1 aromatic carbocycles. The van der Waals surface area contributed by atoms with Crippen LogP contribution < -0.4 is 11.5 Å². The molecule has 0 radical (unpaired) electrons. The Balaban J connectivity index is 2.10. The Labute approximate surface area is 181 Å². The highest BCUT2D eigenvalue weighted by atomic mass is 19.4. The van der Waals surface area contributed by atoms with Crippen molar-refractivity contribution in [3.8, 4) is 0 Å². The van der Waals surface area contributed by atoms with E-state index in [2.05, 4.69) is 19.1 Å². The van der Waals surface area contributed by atoms with Gasteiger partial charge in [-0.1, -0.05) is 76.9 Å². The fourth-order valence-electron chi connectivity index (χ4n) is 3.84. The van der Waals surface area contributed by atoms with Gasteiger partial charge < -0.3 is 11.5 Å². The minimum atomic E-state index is -4.46. The van der Waals surface area contributed by atoms with E-state index >= 15 is 0 Å². The van der Waals surface area contributed by atoms with E-state index in [1.807, 2.05) is 0 Å². The molecule has 0 saturated heterocycles. The van der Waals surface area contributed by atoms with Gasteiger partial charge in [-0.3, -0.25) is 0 Å². The minimum absolute atomic E-state index is 0.151. The summed E-state index contributed by atoms with van der Waals surface area (Å²) in [5.41, 5.74) is 10.7. The van der Waals surface area contributed by atoms with Crippen molar-refractivity contribution in [1.82, 2.24) is 0 Å². The van der Waals surface area contributed by atoms with E-state index in [-0.39, 0.29) is 16.9 Å². The van der Waals surface area contributed by atoms with Crippen molar-refractivity contribution in [2.45, 2.75) is 109 Å². The van der Waals surface area contributed by atoms with E-state index in [0.29, 0.717) is 12.8 Å². The van der Waals surface area contributed by atoms with Crippen molar-refractivity contribution in [3.63, 3.8) is 0 Å². The number of rotatable bonds is 16. The minimum Gasteiger partial charge on any atom is -0.398 e. The lowest BCUT2D eigenvalue weighted by Gasteiger charge is -2.17. The lowest BCUT2D eigenvalue weighted by atomic mass is 9.97. The van der Waals surface area contributed by atoms with Gasteiger partial charge in [0.2, 0.25) is 0 Å². The van der Waals surface area contributed by atoms with Crippen LogP contribution in [-0.4, -0.2) is 0 Å². The molecule has 0 aliphatic rings. The molecule has 0 heterocycles. The second-order valence-corrected chi connectivity index (χ2v) is 8.28. The zero-order chi connectivity index (χ0) is 22.2. The number of nitrogen functional groups attached to an aromatic ring is 2. The first-order chi connectivity index (χ1) is 14.4. The van der Waals surface area contributed by atoms with Crippen LogP contribution in [-0.2, 0) is 12.6 Å². The van der Waals surface area contributed by atoms with Gasteiger partial charge in [-0.25, -0.2) is 0 Å². The second kappa shape index (κ2) is 15.2. The summed E-state index contributed by atoms with van der Waals surface area (Å²) in [4.78, 5) is 0. The van der Waals surface area contributed by atoms with Crippen LogP contribution in [0.15, 0.2) is 24.3 Å². The molecule has 2 nitrogen and oxygen atoms in total. The smallest absolute Gasteiger partial charge is 0.398 e. The third-order valence-corrected chi connectivity index (χ3v) is 5.60. The largest absolute Gasteiger partial charge is 0.418 e. The summed E-state index contributed by atoms with van der Waals surface area (Å²) in [5, 5.41) is 0. The van der Waals surface area contributed by atoms with Crippen LogP contribution in [0.1, 0.15) is 108 Å². The molecule has 0 atom stereocenters. The number of unbranched alkanes of at least 4 members (excludes halogenated alkanes) is 12. The number of allylic oxidation sites excluding steroid dienone is 2. The summed E-state index contributed by atoms with van der Waals surface area (Å²) in [6.45, 7) is 2.24. The monoisotopic (exact) mass is 426 g/mol. The highest BCUT2D eigenvalue weighted by Gasteiger charge is 2.36. The molecule has 172 valence electrons. The van der Waals surface area contributed by atoms with E-state index < -0.39 is 11.7 Å². The Bertz CT molecular complexity index is 609. The van der Waals surface area contributed by atoms with Crippen LogP contribution in [0.5, 0.6) is 0 Å². The Morgan fingerprint density at radius 3 is 1.70 bits per heavy atom. The second-order valence-electron chi connectivity index (χ2n) is 8.28. The first-order valence-corrected chi connectivity index (χ1v) is 11.8. The van der Waals surface area contributed by atoms with Gasteiger partial charge in [0.1, 0.15) is 0 Å². The quantitative estimate of drug-likeness (QED) is 0.158. The molecule has 0 spiro atoms. The molecular formula is C25H41F3N2. The van der Waals surface area contributed by atoms with E-state index in [1.54, 1.807) is 0 Å². The first-order valence-electron chi connectivity index (χ1n) is 11.8. The number of benzene rings is 1. The molecular weight excluding hydrogens is 385 g/mol. The lowest BCUT2D eigenvalue weighted by Crippen LogP contribution is -2.14. The molecule has 0 aromatic heterocycles. The predicted molar refractivity (Wildman–Crippen MR) is 123 cm³/mol. The third kappa shape index (κ3) is 10.9. The van der Waals surface area contributed by atoms with E-state index in [0.717, 1.165) is 25.7 Å². The topological polar surface area (TPSA) is 52.0 Å². The van der Waals surface area contributed by atoms with E-state index in [9.17, 15) is 13.2 Å². The molecule has 0 aliphatic heterocycles. The molecule has 0 unspecified atom stereocenters. The number of nitrogens with two attached hydrogens (primary N) is 2. The average molecular weight is 427 g/mol. The van der Waals surface area contributed by atoms with Crippen LogP contribution in [0.2, 0.25) is 0 Å². The molecule has 1 aromatic rings. The molecule has 5 heteroatoms. The molecule has 0 bridgehead atoms. The Morgan fingerprint density at radius 1 is 0.700 bits per heavy atom. The maximum absolute atomic E-state index is 13.3. The van der Waals surface area contributed by atoms with Gasteiger partial charge in [0, 0.05) is 11.4 Å². The maximum Gasteiger partial charge on any atom is 0.418 e. The highest BCUT2D eigenvalue weighted by Crippen LogP contribution is 2.39. The van der Waals surface area contributed by atoms with Gasteiger partial charge in [0.05, 0.1) is 5.56 Å². The van der Waals surface area contributed by atoms with E-state index in [4.69, 9.17) is 11.5 Å². The molecule has 0 aliphatic carbocycles. The number of hydrogen-bond donors (Lipinski definition) is 2. The summed E-state index contributed by atoms with van der Waals surface area (Å²) in [6.07, 6.45) is 17.0. The van der Waals surface area contributed by atoms with Crippen LogP contribution in [0.25, 0.3) is 0 Å². The van der Waals surface area contributed by atoms with Crippen LogP contribution in [0.4, 0.5) is 24.5 Å². The Hall–Kier alpha value is -1.65. The van der Waals surface area contributed by atoms with Gasteiger partial charge in [0.15, 0.2) is 0 Å². The van der Waals surface area contributed by atoms with Crippen LogP contribution >= 0.6 is 0 Å². The third-order valence-electron chi connectivity index (χ3n) is 5.60. The fourth-order valence-corrected chi connectivity index (χ4v) is 3.84. The zero-order valence-electron chi connectivity index (χ0n) is 18.7. The number of hydrogen-bond acceptors (Lipinski definition) is 2. The Morgan fingerprint density at radius 2 is 1.17 bits per heavy atom. The molecule has 1 rings (SSSR count). The van der Waals surface area contributed by atoms with Crippen molar-refractivity contribution in [3.05, 3.63) is 35.4 Å². The van der Waals surface area contributed by atoms with Crippen molar-refractivity contribution < 1.29 is 13.2 Å². The zero-order valence-corrected chi connectivity index (χ0v) is 18.7. The van der Waals surface area contributed by atoms with Gasteiger partial charge in [-0.2, -0.15) is 13.2 Å². The number of halogens is 3. The van der Waals surface area contributed by atoms with Gasteiger partial charge in [0.25, 0.3) is 0 Å². The molecule has 30 heavy (non-hydrogen) atoms. The Kier molecular flexibility index (Phi) is 13.4. The maximum atomic E-state index is 13.3.